The minimum atomic E-state index is -0.779. The number of hydrogen-bond acceptors (Lipinski definition) is 3. The summed E-state index contributed by atoms with van der Waals surface area (Å²) in [6.45, 7) is 6.47. The van der Waals surface area contributed by atoms with Gasteiger partial charge in [0.25, 0.3) is 0 Å². The van der Waals surface area contributed by atoms with Crippen LogP contribution in [0, 0.1) is 11.2 Å². The van der Waals surface area contributed by atoms with Gasteiger partial charge in [0, 0.05) is 11.0 Å². The molecule has 1 aliphatic carbocycles. The molecule has 25 heavy (non-hydrogen) atoms. The van der Waals surface area contributed by atoms with Gasteiger partial charge in [-0.05, 0) is 48.2 Å². The zero-order chi connectivity index (χ0) is 18.2. The van der Waals surface area contributed by atoms with Crippen molar-refractivity contribution in [1.82, 2.24) is 0 Å². The number of benzene rings is 2. The first-order valence-electron chi connectivity index (χ1n) is 8.33. The van der Waals surface area contributed by atoms with Gasteiger partial charge in [-0.2, -0.15) is 0 Å². The maximum atomic E-state index is 13.7. The number of amides is 1. The van der Waals surface area contributed by atoms with Gasteiger partial charge in [0.1, 0.15) is 17.7 Å². The molecule has 0 saturated carbocycles. The van der Waals surface area contributed by atoms with Crippen LogP contribution in [-0.2, 0) is 11.2 Å². The molecule has 0 radical (unpaired) electrons. The molecule has 0 fully saturated rings. The topological polar surface area (TPSA) is 61.6 Å². The number of ether oxygens (including phenoxy) is 2. The number of nitrogens with two attached hydrogens (primary N) is 1. The van der Waals surface area contributed by atoms with Gasteiger partial charge in [-0.3, -0.25) is 0 Å². The van der Waals surface area contributed by atoms with Gasteiger partial charge in [0.05, 0.1) is 6.61 Å². The van der Waals surface area contributed by atoms with Gasteiger partial charge >= 0.3 is 6.09 Å². The third-order valence-corrected chi connectivity index (χ3v) is 4.57. The lowest BCUT2D eigenvalue weighted by Crippen LogP contribution is -2.25. The molecule has 0 heterocycles. The number of rotatable bonds is 4. The quantitative estimate of drug-likeness (QED) is 0.882. The second-order valence-corrected chi connectivity index (χ2v) is 6.97. The molecule has 3 rings (SSSR count). The van der Waals surface area contributed by atoms with E-state index in [0.717, 1.165) is 23.1 Å². The fourth-order valence-corrected chi connectivity index (χ4v) is 3.53. The number of primary amides is 1. The zero-order valence-corrected chi connectivity index (χ0v) is 14.6. The van der Waals surface area contributed by atoms with Crippen molar-refractivity contribution in [2.75, 3.05) is 6.61 Å². The Morgan fingerprint density at radius 3 is 2.72 bits per heavy atom. The number of hydrogen-bond donors (Lipinski definition) is 1. The molecule has 132 valence electrons. The molecule has 0 bridgehead atoms. The van der Waals surface area contributed by atoms with Gasteiger partial charge in [0.15, 0.2) is 0 Å². The third-order valence-electron chi connectivity index (χ3n) is 4.57. The Hall–Kier alpha value is -2.56. The molecule has 1 amide bonds. The fraction of sp³-hybridized carbons (Fsp3) is 0.350. The summed E-state index contributed by atoms with van der Waals surface area (Å²) >= 11 is 0. The SMILES string of the molecule is CCOc1ccc(F)cc1-c1ccc2c(c1)CC(C)(C)C2OC(N)=O. The summed E-state index contributed by atoms with van der Waals surface area (Å²) in [5.41, 5.74) is 8.57. The second kappa shape index (κ2) is 6.39. The van der Waals surface area contributed by atoms with E-state index < -0.39 is 6.09 Å². The molecule has 0 aliphatic heterocycles. The summed E-state index contributed by atoms with van der Waals surface area (Å²) < 4.78 is 24.7. The van der Waals surface area contributed by atoms with E-state index in [2.05, 4.69) is 0 Å². The number of fused-ring (bicyclic) bond motifs is 1. The number of carbonyl (C=O) groups excluding carboxylic acids is 1. The average Bonchev–Trinajstić information content (AvgIpc) is 2.78. The van der Waals surface area contributed by atoms with Crippen LogP contribution in [0.4, 0.5) is 9.18 Å². The molecule has 1 aliphatic rings. The molecule has 2 aromatic rings. The van der Waals surface area contributed by atoms with Gasteiger partial charge in [0.2, 0.25) is 0 Å². The van der Waals surface area contributed by atoms with Crippen molar-refractivity contribution in [1.29, 1.82) is 0 Å². The highest BCUT2D eigenvalue weighted by Gasteiger charge is 2.41. The molecule has 0 aromatic heterocycles. The standard InChI is InChI=1S/C20H22FNO3/c1-4-24-17-8-6-14(21)10-16(17)12-5-7-15-13(9-12)11-20(2,3)18(15)25-19(22)23/h5-10,18H,4,11H2,1-3H3,(H2,22,23). The first-order chi connectivity index (χ1) is 11.8. The van der Waals surface area contributed by atoms with Crippen LogP contribution in [0.2, 0.25) is 0 Å². The summed E-state index contributed by atoms with van der Waals surface area (Å²) in [5.74, 6) is 0.334. The van der Waals surface area contributed by atoms with E-state index in [1.54, 1.807) is 6.07 Å². The molecular formula is C20H22FNO3. The Morgan fingerprint density at radius 1 is 1.28 bits per heavy atom. The Kier molecular flexibility index (Phi) is 4.41. The normalized spacial score (nSPS) is 17.8. The smallest absolute Gasteiger partial charge is 0.405 e. The van der Waals surface area contributed by atoms with Crippen molar-refractivity contribution in [2.24, 2.45) is 11.1 Å². The van der Waals surface area contributed by atoms with Crippen LogP contribution < -0.4 is 10.5 Å². The van der Waals surface area contributed by atoms with Crippen LogP contribution in [0.15, 0.2) is 36.4 Å². The molecule has 1 atom stereocenters. The summed E-state index contributed by atoms with van der Waals surface area (Å²) in [7, 11) is 0. The zero-order valence-electron chi connectivity index (χ0n) is 14.6. The maximum absolute atomic E-state index is 13.7. The number of carbonyl (C=O) groups is 1. The predicted octanol–water partition coefficient (Wildman–Crippen LogP) is 4.61. The van der Waals surface area contributed by atoms with E-state index >= 15 is 0 Å². The largest absolute Gasteiger partial charge is 0.493 e. The molecule has 0 saturated heterocycles. The van der Waals surface area contributed by atoms with E-state index in [9.17, 15) is 9.18 Å². The van der Waals surface area contributed by atoms with Crippen LogP contribution in [0.5, 0.6) is 5.75 Å². The summed E-state index contributed by atoms with van der Waals surface area (Å²) in [5, 5.41) is 0. The van der Waals surface area contributed by atoms with E-state index in [1.807, 2.05) is 39.0 Å². The Balaban J connectivity index is 2.04. The number of halogens is 1. The van der Waals surface area contributed by atoms with Crippen molar-refractivity contribution < 1.29 is 18.7 Å². The Morgan fingerprint density at radius 2 is 2.04 bits per heavy atom. The van der Waals surface area contributed by atoms with Crippen molar-refractivity contribution in [3.05, 3.63) is 53.3 Å². The highest BCUT2D eigenvalue weighted by Crippen LogP contribution is 2.48. The molecule has 2 N–H and O–H groups in total. The average molecular weight is 343 g/mol. The summed E-state index contributed by atoms with van der Waals surface area (Å²) in [6, 6.07) is 10.3. The Labute approximate surface area is 146 Å². The van der Waals surface area contributed by atoms with Gasteiger partial charge in [-0.15, -0.1) is 0 Å². The minimum Gasteiger partial charge on any atom is -0.493 e. The lowest BCUT2D eigenvalue weighted by Gasteiger charge is -2.26. The summed E-state index contributed by atoms with van der Waals surface area (Å²) in [6.07, 6.45) is -0.417. The summed E-state index contributed by atoms with van der Waals surface area (Å²) in [4.78, 5) is 11.2. The van der Waals surface area contributed by atoms with Crippen LogP contribution >= 0.6 is 0 Å². The second-order valence-electron chi connectivity index (χ2n) is 6.97. The minimum absolute atomic E-state index is 0.249. The van der Waals surface area contributed by atoms with E-state index in [-0.39, 0.29) is 17.3 Å². The highest BCUT2D eigenvalue weighted by molar-refractivity contribution is 5.72. The van der Waals surface area contributed by atoms with Gasteiger partial charge < -0.3 is 15.2 Å². The molecular weight excluding hydrogens is 321 g/mol. The predicted molar refractivity (Wildman–Crippen MR) is 93.9 cm³/mol. The van der Waals surface area contributed by atoms with E-state index in [1.165, 1.54) is 12.1 Å². The van der Waals surface area contributed by atoms with E-state index in [4.69, 9.17) is 15.2 Å². The van der Waals surface area contributed by atoms with Crippen molar-refractivity contribution >= 4 is 6.09 Å². The monoisotopic (exact) mass is 343 g/mol. The molecule has 4 nitrogen and oxygen atoms in total. The molecule has 1 unspecified atom stereocenters. The van der Waals surface area contributed by atoms with Crippen LogP contribution in [-0.4, -0.2) is 12.7 Å². The first-order valence-corrected chi connectivity index (χ1v) is 8.33. The van der Waals surface area contributed by atoms with Gasteiger partial charge in [-0.25, -0.2) is 9.18 Å². The van der Waals surface area contributed by atoms with Crippen LogP contribution in [0.3, 0.4) is 0 Å². The van der Waals surface area contributed by atoms with Crippen molar-refractivity contribution in [3.63, 3.8) is 0 Å². The fourth-order valence-electron chi connectivity index (χ4n) is 3.53. The van der Waals surface area contributed by atoms with E-state index in [0.29, 0.717) is 17.9 Å². The van der Waals surface area contributed by atoms with Crippen molar-refractivity contribution in [3.8, 4) is 16.9 Å². The lowest BCUT2D eigenvalue weighted by atomic mass is 9.87. The lowest BCUT2D eigenvalue weighted by molar-refractivity contribution is 0.0392. The van der Waals surface area contributed by atoms with Crippen molar-refractivity contribution in [2.45, 2.75) is 33.3 Å². The van der Waals surface area contributed by atoms with Crippen LogP contribution in [0.25, 0.3) is 11.1 Å². The third kappa shape index (κ3) is 3.31. The Bertz CT molecular complexity index is 817. The first kappa shape index (κ1) is 17.3. The van der Waals surface area contributed by atoms with Crippen LogP contribution in [0.1, 0.15) is 38.0 Å². The molecule has 5 heteroatoms. The highest BCUT2D eigenvalue weighted by atomic mass is 19.1. The van der Waals surface area contributed by atoms with Gasteiger partial charge in [-0.1, -0.05) is 32.0 Å². The molecule has 0 spiro atoms. The maximum Gasteiger partial charge on any atom is 0.405 e. The molecule has 2 aromatic carbocycles.